The summed E-state index contributed by atoms with van der Waals surface area (Å²) in [7, 11) is 0. The zero-order valence-electron chi connectivity index (χ0n) is 24.0. The minimum Gasteiger partial charge on any atom is -0.492 e. The molecule has 2 N–H and O–H groups in total. The van der Waals surface area contributed by atoms with Crippen molar-refractivity contribution in [3.05, 3.63) is 156 Å². The molecule has 1 heterocycles. The molecule has 0 bridgehead atoms. The summed E-state index contributed by atoms with van der Waals surface area (Å²) in [6.45, 7) is 1.05. The summed E-state index contributed by atoms with van der Waals surface area (Å²) < 4.78 is 11.0. The first-order valence-corrected chi connectivity index (χ1v) is 14.2. The second kappa shape index (κ2) is 14.5. The Labute approximate surface area is 255 Å². The van der Waals surface area contributed by atoms with Crippen molar-refractivity contribution < 1.29 is 28.6 Å². The molecular weight excluding hydrogens is 556 g/mol. The minimum absolute atomic E-state index is 0.152. The van der Waals surface area contributed by atoms with Gasteiger partial charge in [0.2, 0.25) is 0 Å². The number of ketones is 1. The Bertz CT molecular complexity index is 1670. The maximum Gasteiger partial charge on any atom is 0.326 e. The molecular formula is C36H32N2O6. The maximum atomic E-state index is 13.1. The van der Waals surface area contributed by atoms with Crippen molar-refractivity contribution in [1.29, 1.82) is 0 Å². The Morgan fingerprint density at radius 2 is 1.45 bits per heavy atom. The zero-order chi connectivity index (χ0) is 30.7. The van der Waals surface area contributed by atoms with Gasteiger partial charge < -0.3 is 24.5 Å². The third kappa shape index (κ3) is 7.80. The molecule has 1 amide bonds. The van der Waals surface area contributed by atoms with Crippen molar-refractivity contribution in [3.8, 4) is 5.75 Å². The van der Waals surface area contributed by atoms with Gasteiger partial charge in [0.05, 0.1) is 18.4 Å². The number of benzene rings is 4. The number of carboxylic acids is 1. The van der Waals surface area contributed by atoms with Crippen molar-refractivity contribution in [1.82, 2.24) is 4.90 Å². The van der Waals surface area contributed by atoms with Gasteiger partial charge >= 0.3 is 5.97 Å². The van der Waals surface area contributed by atoms with Crippen LogP contribution in [0.3, 0.4) is 0 Å². The van der Waals surface area contributed by atoms with E-state index in [4.69, 9.17) is 9.15 Å². The van der Waals surface area contributed by atoms with Gasteiger partial charge in [0.25, 0.3) is 5.91 Å². The van der Waals surface area contributed by atoms with Gasteiger partial charge in [-0.05, 0) is 41.5 Å². The van der Waals surface area contributed by atoms with Crippen LogP contribution in [-0.4, -0.2) is 46.9 Å². The number of carbonyl (C=O) groups excluding carboxylic acids is 2. The van der Waals surface area contributed by atoms with E-state index in [9.17, 15) is 19.5 Å². The third-order valence-electron chi connectivity index (χ3n) is 7.10. The SMILES string of the molecule is O=C(c1ccccc1)c1ccccc1NC(Cc1ccc(OCCN(Cc2ccccc2)C(=O)c2ccoc2)cc1)C(=O)O. The van der Waals surface area contributed by atoms with Crippen molar-refractivity contribution in [3.63, 3.8) is 0 Å². The number of ether oxygens (including phenoxy) is 1. The van der Waals surface area contributed by atoms with Crippen LogP contribution in [0, 0.1) is 0 Å². The summed E-state index contributed by atoms with van der Waals surface area (Å²) in [6, 6.07) is 33.4. The monoisotopic (exact) mass is 588 g/mol. The van der Waals surface area contributed by atoms with Crippen LogP contribution in [0.1, 0.15) is 37.4 Å². The minimum atomic E-state index is -1.03. The largest absolute Gasteiger partial charge is 0.492 e. The summed E-state index contributed by atoms with van der Waals surface area (Å²) >= 11 is 0. The number of nitrogens with one attached hydrogen (secondary N) is 1. The number of hydrogen-bond donors (Lipinski definition) is 2. The van der Waals surface area contributed by atoms with Gasteiger partial charge in [-0.15, -0.1) is 0 Å². The number of carboxylic acid groups (broad SMARTS) is 1. The molecule has 0 saturated carbocycles. The van der Waals surface area contributed by atoms with E-state index in [1.54, 1.807) is 71.6 Å². The first kappa shape index (κ1) is 29.8. The molecule has 8 heteroatoms. The van der Waals surface area contributed by atoms with E-state index < -0.39 is 12.0 Å². The predicted octanol–water partition coefficient (Wildman–Crippen LogP) is 6.34. The van der Waals surface area contributed by atoms with E-state index in [0.29, 0.717) is 41.2 Å². The lowest BCUT2D eigenvalue weighted by Gasteiger charge is -2.22. The number of carbonyl (C=O) groups is 3. The molecule has 0 spiro atoms. The fraction of sp³-hybridized carbons (Fsp3) is 0.139. The number of nitrogens with zero attached hydrogens (tertiary/aromatic N) is 1. The number of hydrogen-bond acceptors (Lipinski definition) is 6. The van der Waals surface area contributed by atoms with E-state index >= 15 is 0 Å². The standard InChI is InChI=1S/C36H32N2O6/c39-34(28-11-5-2-6-12-28)31-13-7-8-14-32(31)37-33(36(41)42)23-26-15-17-30(18-16-26)44-22-20-38(24-27-9-3-1-4-10-27)35(40)29-19-21-43-25-29/h1-19,21,25,33,37H,20,22-24H2,(H,41,42). The van der Waals surface area contributed by atoms with Crippen LogP contribution in [0.15, 0.2) is 132 Å². The Morgan fingerprint density at radius 1 is 0.773 bits per heavy atom. The lowest BCUT2D eigenvalue weighted by atomic mass is 10.00. The maximum absolute atomic E-state index is 13.1. The summed E-state index contributed by atoms with van der Waals surface area (Å²) in [5, 5.41) is 13.0. The number of furan rings is 1. The fourth-order valence-electron chi connectivity index (χ4n) is 4.80. The van der Waals surface area contributed by atoms with Crippen molar-refractivity contribution in [2.24, 2.45) is 0 Å². The summed E-state index contributed by atoms with van der Waals surface area (Å²) in [5.74, 6) is -0.773. The number of para-hydroxylation sites is 1. The van der Waals surface area contributed by atoms with Gasteiger partial charge in [0.1, 0.15) is 24.7 Å². The molecule has 8 nitrogen and oxygen atoms in total. The topological polar surface area (TPSA) is 109 Å². The second-order valence-electron chi connectivity index (χ2n) is 10.2. The van der Waals surface area contributed by atoms with E-state index in [2.05, 4.69) is 5.32 Å². The van der Waals surface area contributed by atoms with E-state index in [1.807, 2.05) is 48.5 Å². The number of anilines is 1. The highest BCUT2D eigenvalue weighted by Crippen LogP contribution is 2.22. The highest BCUT2D eigenvalue weighted by molar-refractivity contribution is 6.12. The highest BCUT2D eigenvalue weighted by atomic mass is 16.5. The highest BCUT2D eigenvalue weighted by Gasteiger charge is 2.22. The van der Waals surface area contributed by atoms with Crippen LogP contribution >= 0.6 is 0 Å². The Hall–Kier alpha value is -5.63. The molecule has 44 heavy (non-hydrogen) atoms. The lowest BCUT2D eigenvalue weighted by Crippen LogP contribution is -2.34. The second-order valence-corrected chi connectivity index (χ2v) is 10.2. The van der Waals surface area contributed by atoms with Crippen LogP contribution in [-0.2, 0) is 17.8 Å². The van der Waals surface area contributed by atoms with E-state index in [-0.39, 0.29) is 24.7 Å². The molecule has 0 aliphatic rings. The first-order valence-electron chi connectivity index (χ1n) is 14.2. The van der Waals surface area contributed by atoms with Crippen LogP contribution in [0.5, 0.6) is 5.75 Å². The van der Waals surface area contributed by atoms with E-state index in [1.165, 1.54) is 12.5 Å². The fourth-order valence-corrected chi connectivity index (χ4v) is 4.80. The van der Waals surface area contributed by atoms with Gasteiger partial charge in [-0.2, -0.15) is 0 Å². The summed E-state index contributed by atoms with van der Waals surface area (Å²) in [5.41, 5.74) is 3.64. The van der Waals surface area contributed by atoms with Crippen molar-refractivity contribution >= 4 is 23.3 Å². The molecule has 0 saturated heterocycles. The van der Waals surface area contributed by atoms with Gasteiger partial charge in [0.15, 0.2) is 5.78 Å². The van der Waals surface area contributed by atoms with Crippen LogP contribution in [0.2, 0.25) is 0 Å². The smallest absolute Gasteiger partial charge is 0.326 e. The molecule has 1 atom stereocenters. The van der Waals surface area contributed by atoms with Crippen LogP contribution in [0.25, 0.3) is 0 Å². The van der Waals surface area contributed by atoms with Crippen molar-refractivity contribution in [2.75, 3.05) is 18.5 Å². The molecule has 1 unspecified atom stereocenters. The van der Waals surface area contributed by atoms with Crippen molar-refractivity contribution in [2.45, 2.75) is 19.0 Å². The molecule has 0 aliphatic carbocycles. The average molecular weight is 589 g/mol. The first-order chi connectivity index (χ1) is 21.5. The Kier molecular flexibility index (Phi) is 9.84. The molecule has 0 radical (unpaired) electrons. The predicted molar refractivity (Wildman–Crippen MR) is 167 cm³/mol. The molecule has 0 aliphatic heterocycles. The quantitative estimate of drug-likeness (QED) is 0.146. The summed E-state index contributed by atoms with van der Waals surface area (Å²) in [4.78, 5) is 40.1. The average Bonchev–Trinajstić information content (AvgIpc) is 3.60. The van der Waals surface area contributed by atoms with E-state index in [0.717, 1.165) is 11.1 Å². The zero-order valence-corrected chi connectivity index (χ0v) is 24.0. The molecule has 0 fully saturated rings. The van der Waals surface area contributed by atoms with Crippen LogP contribution < -0.4 is 10.1 Å². The molecule has 4 aromatic carbocycles. The molecule has 5 aromatic rings. The number of aliphatic carboxylic acids is 1. The summed E-state index contributed by atoms with van der Waals surface area (Å²) in [6.07, 6.45) is 3.09. The Balaban J connectivity index is 1.20. The molecule has 5 rings (SSSR count). The van der Waals surface area contributed by atoms with Crippen LogP contribution in [0.4, 0.5) is 5.69 Å². The third-order valence-corrected chi connectivity index (χ3v) is 7.10. The normalized spacial score (nSPS) is 11.4. The number of rotatable bonds is 14. The van der Waals surface area contributed by atoms with Gasteiger partial charge in [-0.25, -0.2) is 4.79 Å². The Morgan fingerprint density at radius 3 is 2.14 bits per heavy atom. The molecule has 1 aromatic heterocycles. The van der Waals surface area contributed by atoms with Gasteiger partial charge in [-0.3, -0.25) is 9.59 Å². The van der Waals surface area contributed by atoms with Gasteiger partial charge in [0, 0.05) is 29.8 Å². The lowest BCUT2D eigenvalue weighted by molar-refractivity contribution is -0.137. The molecule has 222 valence electrons. The number of amides is 1. The van der Waals surface area contributed by atoms with Gasteiger partial charge in [-0.1, -0.05) is 84.9 Å².